The second-order valence-corrected chi connectivity index (χ2v) is 6.03. The first-order chi connectivity index (χ1) is 8.85. The summed E-state index contributed by atoms with van der Waals surface area (Å²) < 4.78 is 46.1. The van der Waals surface area contributed by atoms with E-state index in [0.29, 0.717) is 24.8 Å². The zero-order valence-electron chi connectivity index (χ0n) is 10.2. The van der Waals surface area contributed by atoms with Crippen molar-refractivity contribution in [2.75, 3.05) is 0 Å². The molecule has 1 aromatic rings. The monoisotopic (exact) mass is 289 g/mol. The van der Waals surface area contributed by atoms with Gasteiger partial charge in [-0.2, -0.15) is 13.1 Å². The molecule has 0 aromatic heterocycles. The summed E-state index contributed by atoms with van der Waals surface area (Å²) in [5, 5.41) is 9.54. The van der Waals surface area contributed by atoms with Crippen molar-refractivity contribution >= 4 is 10.3 Å². The smallest absolute Gasteiger partial charge is 0.333 e. The molecule has 19 heavy (non-hydrogen) atoms. The standard InChI is InChI=1S/C12H16FNO4S/c13-10-4-1-8(2-5-10)12(14-19(16,17)18)9-3-6-11(15)7-9/h1-2,4-5,9,11-12,14-15H,3,6-7H2,(H,16,17,18). The maximum atomic E-state index is 12.9. The summed E-state index contributed by atoms with van der Waals surface area (Å²) >= 11 is 0. The maximum absolute atomic E-state index is 12.9. The van der Waals surface area contributed by atoms with Gasteiger partial charge in [0.05, 0.1) is 12.1 Å². The first kappa shape index (κ1) is 14.4. The normalized spacial score (nSPS) is 25.4. The number of rotatable bonds is 4. The lowest BCUT2D eigenvalue weighted by Gasteiger charge is -2.23. The Labute approximate surface area is 111 Å². The lowest BCUT2D eigenvalue weighted by Crippen LogP contribution is -2.32. The fourth-order valence-electron chi connectivity index (χ4n) is 2.56. The number of benzene rings is 1. The minimum atomic E-state index is -4.36. The van der Waals surface area contributed by atoms with Gasteiger partial charge in [0.2, 0.25) is 0 Å². The van der Waals surface area contributed by atoms with Crippen LogP contribution in [0.1, 0.15) is 30.9 Å². The van der Waals surface area contributed by atoms with Crippen molar-refractivity contribution in [2.24, 2.45) is 5.92 Å². The lowest BCUT2D eigenvalue weighted by atomic mass is 9.92. The quantitative estimate of drug-likeness (QED) is 0.732. The predicted octanol–water partition coefficient (Wildman–Crippen LogP) is 1.42. The number of aliphatic hydroxyl groups is 1. The molecule has 0 bridgehead atoms. The Kier molecular flexibility index (Phi) is 4.19. The molecule has 0 saturated heterocycles. The molecule has 0 radical (unpaired) electrons. The molecule has 0 spiro atoms. The molecule has 3 N–H and O–H groups in total. The fraction of sp³-hybridized carbons (Fsp3) is 0.500. The van der Waals surface area contributed by atoms with Gasteiger partial charge in [0.25, 0.3) is 0 Å². The molecule has 5 nitrogen and oxygen atoms in total. The van der Waals surface area contributed by atoms with Crippen molar-refractivity contribution in [3.63, 3.8) is 0 Å². The van der Waals surface area contributed by atoms with Crippen LogP contribution < -0.4 is 4.72 Å². The van der Waals surface area contributed by atoms with Crippen LogP contribution >= 0.6 is 0 Å². The van der Waals surface area contributed by atoms with Gasteiger partial charge < -0.3 is 5.11 Å². The molecule has 0 amide bonds. The van der Waals surface area contributed by atoms with E-state index in [4.69, 9.17) is 4.55 Å². The molecule has 1 aliphatic rings. The molecule has 1 aromatic carbocycles. The second-order valence-electron chi connectivity index (χ2n) is 4.85. The van der Waals surface area contributed by atoms with Gasteiger partial charge in [-0.1, -0.05) is 12.1 Å². The highest BCUT2D eigenvalue weighted by Gasteiger charge is 2.32. The zero-order valence-corrected chi connectivity index (χ0v) is 11.0. The van der Waals surface area contributed by atoms with Crippen molar-refractivity contribution in [1.29, 1.82) is 0 Å². The van der Waals surface area contributed by atoms with E-state index in [1.54, 1.807) is 0 Å². The third-order valence-corrected chi connectivity index (χ3v) is 3.97. The number of hydrogen-bond donors (Lipinski definition) is 3. The summed E-state index contributed by atoms with van der Waals surface area (Å²) in [6.07, 6.45) is 1.22. The van der Waals surface area contributed by atoms with E-state index in [2.05, 4.69) is 4.72 Å². The van der Waals surface area contributed by atoms with Gasteiger partial charge in [0.1, 0.15) is 5.82 Å². The summed E-state index contributed by atoms with van der Waals surface area (Å²) in [5.74, 6) is -0.539. The Balaban J connectivity index is 2.26. The van der Waals surface area contributed by atoms with E-state index in [0.717, 1.165) is 0 Å². The Hall–Kier alpha value is -1.02. The summed E-state index contributed by atoms with van der Waals surface area (Å²) in [6.45, 7) is 0. The molecule has 3 atom stereocenters. The molecule has 0 aliphatic heterocycles. The van der Waals surface area contributed by atoms with Crippen LogP contribution in [0.2, 0.25) is 0 Å². The number of halogens is 1. The van der Waals surface area contributed by atoms with Crippen LogP contribution in [0.5, 0.6) is 0 Å². The molecule has 3 unspecified atom stereocenters. The van der Waals surface area contributed by atoms with Crippen LogP contribution in [0.3, 0.4) is 0 Å². The molecule has 2 rings (SSSR count). The average molecular weight is 289 g/mol. The summed E-state index contributed by atoms with van der Waals surface area (Å²) in [5.41, 5.74) is 0.568. The highest BCUT2D eigenvalue weighted by Crippen LogP contribution is 2.36. The minimum Gasteiger partial charge on any atom is -0.393 e. The van der Waals surface area contributed by atoms with Crippen LogP contribution in [0.25, 0.3) is 0 Å². The highest BCUT2D eigenvalue weighted by atomic mass is 32.2. The van der Waals surface area contributed by atoms with Crippen LogP contribution in [-0.2, 0) is 10.3 Å². The summed E-state index contributed by atoms with van der Waals surface area (Å²) in [6, 6.07) is 4.76. The molecule has 7 heteroatoms. The molecule has 1 saturated carbocycles. The van der Waals surface area contributed by atoms with E-state index in [1.165, 1.54) is 24.3 Å². The summed E-state index contributed by atoms with van der Waals surface area (Å²) in [7, 11) is -4.36. The second kappa shape index (κ2) is 5.54. The minimum absolute atomic E-state index is 0.123. The first-order valence-electron chi connectivity index (χ1n) is 6.03. The lowest BCUT2D eigenvalue weighted by molar-refractivity contribution is 0.174. The van der Waals surface area contributed by atoms with Gasteiger partial charge in [-0.15, -0.1) is 0 Å². The fourth-order valence-corrected chi connectivity index (χ4v) is 3.21. The van der Waals surface area contributed by atoms with Gasteiger partial charge in [0, 0.05) is 0 Å². The average Bonchev–Trinajstić information content (AvgIpc) is 2.73. The van der Waals surface area contributed by atoms with Crippen molar-refractivity contribution in [3.8, 4) is 0 Å². The van der Waals surface area contributed by atoms with Crippen LogP contribution in [0.15, 0.2) is 24.3 Å². The maximum Gasteiger partial charge on any atom is 0.333 e. The van der Waals surface area contributed by atoms with E-state index >= 15 is 0 Å². The van der Waals surface area contributed by atoms with E-state index in [-0.39, 0.29) is 5.92 Å². The van der Waals surface area contributed by atoms with Gasteiger partial charge in [-0.05, 0) is 42.9 Å². The van der Waals surface area contributed by atoms with E-state index in [1.807, 2.05) is 0 Å². The highest BCUT2D eigenvalue weighted by molar-refractivity contribution is 7.83. The molecule has 1 aliphatic carbocycles. The van der Waals surface area contributed by atoms with Crippen molar-refractivity contribution < 1.29 is 22.5 Å². The molecule has 0 heterocycles. The third kappa shape index (κ3) is 3.97. The SMILES string of the molecule is O=S(=O)(O)NC(c1ccc(F)cc1)C1CCC(O)C1. The van der Waals surface area contributed by atoms with Crippen molar-refractivity contribution in [3.05, 3.63) is 35.6 Å². The Morgan fingerprint density at radius 3 is 2.37 bits per heavy atom. The Bertz CT molecular complexity index is 531. The molecular weight excluding hydrogens is 273 g/mol. The topological polar surface area (TPSA) is 86.6 Å². The Morgan fingerprint density at radius 2 is 1.89 bits per heavy atom. The largest absolute Gasteiger partial charge is 0.393 e. The van der Waals surface area contributed by atoms with E-state index in [9.17, 15) is 17.9 Å². The zero-order chi connectivity index (χ0) is 14.0. The van der Waals surface area contributed by atoms with Gasteiger partial charge in [-0.25, -0.2) is 4.39 Å². The van der Waals surface area contributed by atoms with Crippen LogP contribution in [0.4, 0.5) is 4.39 Å². The van der Waals surface area contributed by atoms with Gasteiger partial charge in [-0.3, -0.25) is 4.55 Å². The molecule has 1 fully saturated rings. The van der Waals surface area contributed by atoms with Crippen LogP contribution in [-0.4, -0.2) is 24.2 Å². The third-order valence-electron chi connectivity index (χ3n) is 3.42. The van der Waals surface area contributed by atoms with Gasteiger partial charge in [0.15, 0.2) is 0 Å². The van der Waals surface area contributed by atoms with Crippen molar-refractivity contribution in [2.45, 2.75) is 31.4 Å². The van der Waals surface area contributed by atoms with Crippen LogP contribution in [0, 0.1) is 11.7 Å². The van der Waals surface area contributed by atoms with E-state index < -0.39 is 28.3 Å². The molecular formula is C12H16FNO4S. The Morgan fingerprint density at radius 1 is 1.26 bits per heavy atom. The first-order valence-corrected chi connectivity index (χ1v) is 7.47. The summed E-state index contributed by atoms with van der Waals surface area (Å²) in [4.78, 5) is 0. The predicted molar refractivity (Wildman–Crippen MR) is 67.2 cm³/mol. The molecule has 106 valence electrons. The number of aliphatic hydroxyl groups excluding tert-OH is 1. The van der Waals surface area contributed by atoms with Crippen molar-refractivity contribution in [1.82, 2.24) is 4.72 Å². The number of nitrogens with one attached hydrogen (secondary N) is 1. The van der Waals surface area contributed by atoms with Gasteiger partial charge >= 0.3 is 10.3 Å². The number of hydrogen-bond acceptors (Lipinski definition) is 3.